The van der Waals surface area contributed by atoms with Gasteiger partial charge in [0.05, 0.1) is 6.04 Å². The molecule has 0 bridgehead atoms. The molecular weight excluding hydrogens is 212 g/mol. The molecule has 17 heavy (non-hydrogen) atoms. The Balaban J connectivity index is 2.42. The number of nitrogens with one attached hydrogen (secondary N) is 2. The quantitative estimate of drug-likeness (QED) is 0.741. The van der Waals surface area contributed by atoms with Crippen LogP contribution in [-0.4, -0.2) is 24.0 Å². The van der Waals surface area contributed by atoms with Crippen molar-refractivity contribution in [3.8, 4) is 0 Å². The average molecular weight is 240 g/mol. The highest BCUT2D eigenvalue weighted by Crippen LogP contribution is 2.23. The van der Waals surface area contributed by atoms with Crippen molar-refractivity contribution in [2.24, 2.45) is 5.92 Å². The van der Waals surface area contributed by atoms with Gasteiger partial charge in [0.2, 0.25) is 5.91 Å². The van der Waals surface area contributed by atoms with Gasteiger partial charge in [-0.2, -0.15) is 0 Å². The zero-order chi connectivity index (χ0) is 12.8. The van der Waals surface area contributed by atoms with Gasteiger partial charge >= 0.3 is 0 Å². The van der Waals surface area contributed by atoms with Crippen LogP contribution in [0.4, 0.5) is 0 Å². The molecule has 0 aromatic rings. The lowest BCUT2D eigenvalue weighted by Crippen LogP contribution is -2.49. The zero-order valence-corrected chi connectivity index (χ0v) is 11.8. The fourth-order valence-electron chi connectivity index (χ4n) is 2.55. The second-order valence-electron chi connectivity index (χ2n) is 5.77. The number of carbonyl (C=O) groups excluding carboxylic acids is 1. The summed E-state index contributed by atoms with van der Waals surface area (Å²) >= 11 is 0. The van der Waals surface area contributed by atoms with Crippen LogP contribution in [0.1, 0.15) is 59.8 Å². The first kappa shape index (κ1) is 14.5. The number of carbonyl (C=O) groups is 1. The summed E-state index contributed by atoms with van der Waals surface area (Å²) in [6, 6.07) is 0.645. The average Bonchev–Trinajstić information content (AvgIpc) is 2.43. The van der Waals surface area contributed by atoms with Crippen molar-refractivity contribution in [2.75, 3.05) is 0 Å². The molecule has 0 heterocycles. The Bertz CT molecular complexity index is 240. The molecule has 1 rings (SSSR count). The lowest BCUT2D eigenvalue weighted by Gasteiger charge is -2.26. The number of amides is 1. The fraction of sp³-hybridized carbons (Fsp3) is 0.929. The third kappa shape index (κ3) is 5.07. The molecule has 1 aliphatic rings. The molecule has 3 heteroatoms. The van der Waals surface area contributed by atoms with E-state index in [1.165, 1.54) is 32.1 Å². The molecule has 1 saturated carbocycles. The molecule has 1 amide bonds. The highest BCUT2D eigenvalue weighted by molar-refractivity contribution is 5.81. The van der Waals surface area contributed by atoms with Gasteiger partial charge in [-0.3, -0.25) is 4.79 Å². The number of hydrogen-bond donors (Lipinski definition) is 2. The number of hydrogen-bond acceptors (Lipinski definition) is 2. The lowest BCUT2D eigenvalue weighted by atomic mass is 9.96. The summed E-state index contributed by atoms with van der Waals surface area (Å²) in [6.07, 6.45) is 6.47. The predicted octanol–water partition coefficient (Wildman–Crippen LogP) is 2.46. The normalized spacial score (nSPS) is 27.6. The summed E-state index contributed by atoms with van der Waals surface area (Å²) in [4.78, 5) is 11.8. The maximum atomic E-state index is 11.8. The highest BCUT2D eigenvalue weighted by atomic mass is 16.2. The summed E-state index contributed by atoms with van der Waals surface area (Å²) in [7, 11) is 0. The largest absolute Gasteiger partial charge is 0.353 e. The maximum Gasteiger partial charge on any atom is 0.237 e. The standard InChI is InChI=1S/C14H28N2O/c1-10(2)15-14(17)12(4)16-13-9-7-5-6-8-11(13)3/h10-13,16H,5-9H2,1-4H3,(H,15,17). The van der Waals surface area contributed by atoms with Crippen LogP contribution in [0.25, 0.3) is 0 Å². The molecule has 0 radical (unpaired) electrons. The second kappa shape index (κ2) is 7.00. The maximum absolute atomic E-state index is 11.8. The van der Waals surface area contributed by atoms with Gasteiger partial charge < -0.3 is 10.6 Å². The Morgan fingerprint density at radius 3 is 2.41 bits per heavy atom. The fourth-order valence-corrected chi connectivity index (χ4v) is 2.55. The Morgan fingerprint density at radius 1 is 1.12 bits per heavy atom. The van der Waals surface area contributed by atoms with E-state index in [0.717, 1.165) is 0 Å². The van der Waals surface area contributed by atoms with Gasteiger partial charge in [0.15, 0.2) is 0 Å². The van der Waals surface area contributed by atoms with Crippen LogP contribution in [0.3, 0.4) is 0 Å². The van der Waals surface area contributed by atoms with E-state index in [2.05, 4.69) is 17.6 Å². The Hall–Kier alpha value is -0.570. The third-order valence-electron chi connectivity index (χ3n) is 3.65. The topological polar surface area (TPSA) is 41.1 Å². The summed E-state index contributed by atoms with van der Waals surface area (Å²) in [5.41, 5.74) is 0. The summed E-state index contributed by atoms with van der Waals surface area (Å²) in [5.74, 6) is 0.809. The van der Waals surface area contributed by atoms with Gasteiger partial charge in [0, 0.05) is 12.1 Å². The van der Waals surface area contributed by atoms with Crippen molar-refractivity contribution in [2.45, 2.75) is 77.9 Å². The summed E-state index contributed by atoms with van der Waals surface area (Å²) in [6.45, 7) is 8.27. The minimum absolute atomic E-state index is 0.0806. The van der Waals surface area contributed by atoms with Gasteiger partial charge in [-0.05, 0) is 39.5 Å². The Labute approximate surface area is 106 Å². The lowest BCUT2D eigenvalue weighted by molar-refractivity contribution is -0.123. The predicted molar refractivity (Wildman–Crippen MR) is 71.9 cm³/mol. The molecule has 1 fully saturated rings. The van der Waals surface area contributed by atoms with Crippen molar-refractivity contribution in [3.63, 3.8) is 0 Å². The van der Waals surface area contributed by atoms with Crippen molar-refractivity contribution in [1.82, 2.24) is 10.6 Å². The number of rotatable bonds is 4. The van der Waals surface area contributed by atoms with Gasteiger partial charge in [-0.15, -0.1) is 0 Å². The van der Waals surface area contributed by atoms with E-state index in [1.807, 2.05) is 20.8 Å². The van der Waals surface area contributed by atoms with Crippen molar-refractivity contribution in [3.05, 3.63) is 0 Å². The van der Waals surface area contributed by atoms with Crippen molar-refractivity contribution >= 4 is 5.91 Å². The van der Waals surface area contributed by atoms with Gasteiger partial charge in [-0.1, -0.05) is 26.2 Å². The van der Waals surface area contributed by atoms with E-state index in [-0.39, 0.29) is 18.0 Å². The molecule has 0 aromatic heterocycles. The Morgan fingerprint density at radius 2 is 1.76 bits per heavy atom. The molecular formula is C14H28N2O. The smallest absolute Gasteiger partial charge is 0.237 e. The van der Waals surface area contributed by atoms with Crippen LogP contribution in [0.5, 0.6) is 0 Å². The van der Waals surface area contributed by atoms with E-state index in [0.29, 0.717) is 12.0 Å². The van der Waals surface area contributed by atoms with Crippen molar-refractivity contribution < 1.29 is 4.79 Å². The van der Waals surface area contributed by atoms with Crippen LogP contribution in [0.2, 0.25) is 0 Å². The van der Waals surface area contributed by atoms with Crippen LogP contribution in [0.15, 0.2) is 0 Å². The first-order valence-electron chi connectivity index (χ1n) is 7.07. The first-order valence-corrected chi connectivity index (χ1v) is 7.07. The molecule has 0 spiro atoms. The van der Waals surface area contributed by atoms with Gasteiger partial charge in [-0.25, -0.2) is 0 Å². The second-order valence-corrected chi connectivity index (χ2v) is 5.77. The van der Waals surface area contributed by atoms with Crippen LogP contribution >= 0.6 is 0 Å². The summed E-state index contributed by atoms with van der Waals surface area (Å²) in [5, 5.41) is 6.46. The molecule has 2 N–H and O–H groups in total. The van der Waals surface area contributed by atoms with Crippen LogP contribution in [-0.2, 0) is 4.79 Å². The van der Waals surface area contributed by atoms with E-state index >= 15 is 0 Å². The van der Waals surface area contributed by atoms with E-state index in [4.69, 9.17) is 0 Å². The minimum Gasteiger partial charge on any atom is -0.353 e. The highest BCUT2D eigenvalue weighted by Gasteiger charge is 2.23. The molecule has 3 atom stereocenters. The van der Waals surface area contributed by atoms with Crippen molar-refractivity contribution in [1.29, 1.82) is 0 Å². The van der Waals surface area contributed by atoms with Gasteiger partial charge in [0.25, 0.3) is 0 Å². The van der Waals surface area contributed by atoms with E-state index in [9.17, 15) is 4.79 Å². The van der Waals surface area contributed by atoms with Crippen LogP contribution < -0.4 is 10.6 Å². The molecule has 100 valence electrons. The minimum atomic E-state index is -0.0806. The molecule has 0 saturated heterocycles. The monoisotopic (exact) mass is 240 g/mol. The Kier molecular flexibility index (Phi) is 5.96. The summed E-state index contributed by atoms with van der Waals surface area (Å²) < 4.78 is 0. The third-order valence-corrected chi connectivity index (χ3v) is 3.65. The van der Waals surface area contributed by atoms with E-state index < -0.39 is 0 Å². The SMILES string of the molecule is CC(C)NC(=O)C(C)NC1CCCCCC1C. The molecule has 1 aliphatic carbocycles. The van der Waals surface area contributed by atoms with Gasteiger partial charge in [0.1, 0.15) is 0 Å². The zero-order valence-electron chi connectivity index (χ0n) is 11.8. The molecule has 3 nitrogen and oxygen atoms in total. The molecule has 0 aliphatic heterocycles. The van der Waals surface area contributed by atoms with E-state index in [1.54, 1.807) is 0 Å². The molecule has 0 aromatic carbocycles. The molecule has 3 unspecified atom stereocenters. The van der Waals surface area contributed by atoms with Crippen LogP contribution in [0, 0.1) is 5.92 Å². The first-order chi connectivity index (χ1) is 8.00.